The van der Waals surface area contributed by atoms with Crippen molar-refractivity contribution in [1.82, 2.24) is 15.1 Å². The van der Waals surface area contributed by atoms with E-state index in [1.165, 1.54) is 19.2 Å². The van der Waals surface area contributed by atoms with Crippen LogP contribution in [0.2, 0.25) is 0 Å². The van der Waals surface area contributed by atoms with Gasteiger partial charge in [-0.1, -0.05) is 12.1 Å². The van der Waals surface area contributed by atoms with E-state index in [2.05, 4.69) is 10.6 Å². The number of hydrogen-bond donors (Lipinski definition) is 2. The molecule has 1 saturated heterocycles. The van der Waals surface area contributed by atoms with Crippen LogP contribution in [0.4, 0.5) is 19.7 Å². The van der Waals surface area contributed by atoms with Crippen molar-refractivity contribution < 1.29 is 28.3 Å². The first-order valence-corrected chi connectivity index (χ1v) is 13.5. The SMILES string of the molecule is CNC(=O)Nc1ccc2c(c1)CC[C@@]21CC(=O)N(CC(=O)N2Cc3ccc(F)cc3CC[C@@H]2C2CC2)C(=O)O1. The fourth-order valence-corrected chi connectivity index (χ4v) is 6.34. The number of nitrogens with one attached hydrogen (secondary N) is 2. The summed E-state index contributed by atoms with van der Waals surface area (Å²) in [5.74, 6) is -0.653. The average Bonchev–Trinajstić information content (AvgIpc) is 3.71. The first-order valence-electron chi connectivity index (χ1n) is 13.5. The molecule has 0 bridgehead atoms. The molecule has 1 spiro atoms. The molecule has 0 unspecified atom stereocenters. The Hall–Kier alpha value is -3.95. The van der Waals surface area contributed by atoms with Crippen molar-refractivity contribution in [2.45, 2.75) is 63.1 Å². The number of halogens is 1. The van der Waals surface area contributed by atoms with Crippen molar-refractivity contribution in [2.24, 2.45) is 5.92 Å². The third-order valence-electron chi connectivity index (χ3n) is 8.52. The molecule has 4 aliphatic rings. The summed E-state index contributed by atoms with van der Waals surface area (Å²) in [6.07, 6.45) is 3.66. The maximum atomic E-state index is 13.9. The minimum Gasteiger partial charge on any atom is -0.437 e. The van der Waals surface area contributed by atoms with Crippen LogP contribution in [0.15, 0.2) is 36.4 Å². The maximum absolute atomic E-state index is 13.9. The Bertz CT molecular complexity index is 1360. The van der Waals surface area contributed by atoms with Crippen LogP contribution in [-0.2, 0) is 39.3 Å². The molecule has 0 radical (unpaired) electrons. The number of anilines is 1. The highest BCUT2D eigenvalue weighted by atomic mass is 19.1. The summed E-state index contributed by atoms with van der Waals surface area (Å²) in [6.45, 7) is -0.0498. The molecule has 2 atom stereocenters. The first-order chi connectivity index (χ1) is 18.8. The zero-order valence-electron chi connectivity index (χ0n) is 21.8. The number of aryl methyl sites for hydroxylation is 2. The molecule has 6 rings (SSSR count). The second-order valence-corrected chi connectivity index (χ2v) is 11.0. The zero-order valence-corrected chi connectivity index (χ0v) is 21.8. The number of imide groups is 1. The van der Waals surface area contributed by atoms with Gasteiger partial charge in [-0.15, -0.1) is 0 Å². The number of fused-ring (bicyclic) bond motifs is 3. The van der Waals surface area contributed by atoms with Gasteiger partial charge in [-0.3, -0.25) is 9.59 Å². The van der Waals surface area contributed by atoms with Crippen molar-refractivity contribution in [3.8, 4) is 0 Å². The average molecular weight is 535 g/mol. The van der Waals surface area contributed by atoms with Crippen molar-refractivity contribution in [1.29, 1.82) is 0 Å². The van der Waals surface area contributed by atoms with Gasteiger partial charge in [0.05, 0.1) is 6.42 Å². The molecule has 2 fully saturated rings. The number of nitrogens with zero attached hydrogens (tertiary/aromatic N) is 2. The van der Waals surface area contributed by atoms with E-state index in [1.54, 1.807) is 23.1 Å². The highest BCUT2D eigenvalue weighted by molar-refractivity contribution is 5.99. The molecule has 204 valence electrons. The number of ether oxygens (including phenoxy) is 1. The second kappa shape index (κ2) is 9.66. The molecule has 2 aromatic rings. The van der Waals surface area contributed by atoms with Gasteiger partial charge >= 0.3 is 12.1 Å². The van der Waals surface area contributed by atoms with Gasteiger partial charge in [0.2, 0.25) is 11.8 Å². The lowest BCUT2D eigenvalue weighted by molar-refractivity contribution is -0.151. The van der Waals surface area contributed by atoms with Gasteiger partial charge in [-0.2, -0.15) is 0 Å². The normalized spacial score (nSPS) is 24.1. The second-order valence-electron chi connectivity index (χ2n) is 11.0. The fourth-order valence-electron chi connectivity index (χ4n) is 6.34. The molecule has 2 aliphatic carbocycles. The number of hydrogen-bond acceptors (Lipinski definition) is 5. The lowest BCUT2D eigenvalue weighted by atomic mass is 9.90. The van der Waals surface area contributed by atoms with Crippen LogP contribution >= 0.6 is 0 Å². The highest BCUT2D eigenvalue weighted by Crippen LogP contribution is 2.46. The van der Waals surface area contributed by atoms with E-state index in [-0.39, 0.29) is 36.8 Å². The monoisotopic (exact) mass is 534 g/mol. The Morgan fingerprint density at radius 1 is 1.05 bits per heavy atom. The molecule has 5 amide bonds. The largest absolute Gasteiger partial charge is 0.437 e. The summed E-state index contributed by atoms with van der Waals surface area (Å²) in [7, 11) is 1.53. The Morgan fingerprint density at radius 3 is 2.62 bits per heavy atom. The van der Waals surface area contributed by atoms with Crippen LogP contribution in [0.25, 0.3) is 0 Å². The standard InChI is InChI=1S/C29H31FN4O5/c1-31-27(37)32-22-7-8-23-19(13-22)10-11-29(23)14-25(35)34(28(38)39-29)16-26(36)33-15-20-4-6-21(30)12-18(20)5-9-24(33)17-2-3-17/h4,6-8,12-13,17,24H,2-3,5,9-11,14-16H2,1H3,(H2,31,32,37)/t24-,29-/m1/s1. The molecule has 10 heteroatoms. The minimum absolute atomic E-state index is 0.00507. The van der Waals surface area contributed by atoms with Gasteiger partial charge in [0.1, 0.15) is 18.0 Å². The van der Waals surface area contributed by atoms with Crippen molar-refractivity contribution in [3.63, 3.8) is 0 Å². The van der Waals surface area contributed by atoms with Gasteiger partial charge in [-0.25, -0.2) is 18.9 Å². The minimum atomic E-state index is -1.07. The van der Waals surface area contributed by atoms with E-state index >= 15 is 0 Å². The molecule has 2 aromatic carbocycles. The van der Waals surface area contributed by atoms with E-state index in [9.17, 15) is 23.6 Å². The number of rotatable bonds is 4. The van der Waals surface area contributed by atoms with Gasteiger partial charge in [0, 0.05) is 25.3 Å². The van der Waals surface area contributed by atoms with Crippen LogP contribution in [0, 0.1) is 11.7 Å². The summed E-state index contributed by atoms with van der Waals surface area (Å²) in [4.78, 5) is 54.5. The third kappa shape index (κ3) is 4.72. The quantitative estimate of drug-likeness (QED) is 0.620. The molecule has 39 heavy (non-hydrogen) atoms. The van der Waals surface area contributed by atoms with E-state index < -0.39 is 17.6 Å². The van der Waals surface area contributed by atoms with E-state index in [0.29, 0.717) is 37.4 Å². The Labute approximate surface area is 225 Å². The van der Waals surface area contributed by atoms with Crippen LogP contribution in [0.5, 0.6) is 0 Å². The number of carbonyl (C=O) groups excluding carboxylic acids is 4. The summed E-state index contributed by atoms with van der Waals surface area (Å²) in [6, 6.07) is 9.64. The fraction of sp³-hybridized carbons (Fsp3) is 0.448. The molecule has 2 heterocycles. The summed E-state index contributed by atoms with van der Waals surface area (Å²) in [5.41, 5.74) is 2.99. The predicted octanol–water partition coefficient (Wildman–Crippen LogP) is 3.84. The third-order valence-corrected chi connectivity index (χ3v) is 8.52. The molecule has 9 nitrogen and oxygen atoms in total. The molecule has 2 aliphatic heterocycles. The van der Waals surface area contributed by atoms with Crippen molar-refractivity contribution in [3.05, 3.63) is 64.5 Å². The highest BCUT2D eigenvalue weighted by Gasteiger charge is 2.51. The summed E-state index contributed by atoms with van der Waals surface area (Å²) in [5, 5.41) is 5.23. The van der Waals surface area contributed by atoms with Gasteiger partial charge in [0.15, 0.2) is 0 Å². The smallest absolute Gasteiger partial charge is 0.417 e. The number of urea groups is 1. The van der Waals surface area contributed by atoms with Crippen LogP contribution < -0.4 is 10.6 Å². The number of amides is 5. The number of benzene rings is 2. The van der Waals surface area contributed by atoms with E-state index in [1.807, 2.05) is 6.07 Å². The predicted molar refractivity (Wildman–Crippen MR) is 139 cm³/mol. The Morgan fingerprint density at radius 2 is 1.87 bits per heavy atom. The lowest BCUT2D eigenvalue weighted by Crippen LogP contribution is -2.54. The van der Waals surface area contributed by atoms with Gasteiger partial charge in [-0.05, 0) is 91.0 Å². The molecule has 1 saturated carbocycles. The number of carbonyl (C=O) groups is 4. The molecular formula is C29H31FN4O5. The molecular weight excluding hydrogens is 503 g/mol. The van der Waals surface area contributed by atoms with Gasteiger partial charge < -0.3 is 20.3 Å². The van der Waals surface area contributed by atoms with Gasteiger partial charge in [0.25, 0.3) is 0 Å². The Balaban J connectivity index is 1.18. The topological polar surface area (TPSA) is 108 Å². The van der Waals surface area contributed by atoms with Crippen LogP contribution in [0.3, 0.4) is 0 Å². The van der Waals surface area contributed by atoms with E-state index in [4.69, 9.17) is 4.74 Å². The van der Waals surface area contributed by atoms with Crippen LogP contribution in [-0.4, -0.2) is 53.4 Å². The van der Waals surface area contributed by atoms with Crippen molar-refractivity contribution >= 4 is 29.6 Å². The van der Waals surface area contributed by atoms with Crippen molar-refractivity contribution in [2.75, 3.05) is 18.9 Å². The summed E-state index contributed by atoms with van der Waals surface area (Å²) >= 11 is 0. The first kappa shape index (κ1) is 25.3. The molecule has 2 N–H and O–H groups in total. The lowest BCUT2D eigenvalue weighted by Gasteiger charge is -2.39. The maximum Gasteiger partial charge on any atom is 0.417 e. The summed E-state index contributed by atoms with van der Waals surface area (Å²) < 4.78 is 19.8. The molecule has 0 aromatic heterocycles. The Kier molecular flexibility index (Phi) is 6.28. The van der Waals surface area contributed by atoms with E-state index in [0.717, 1.165) is 46.4 Å². The zero-order chi connectivity index (χ0) is 27.3. The van der Waals surface area contributed by atoms with Crippen LogP contribution in [0.1, 0.15) is 54.4 Å².